The molecule has 1 rings (SSSR count). The number of ether oxygens (including phenoxy) is 1. The van der Waals surface area contributed by atoms with Crippen LogP contribution in [-0.2, 0) is 11.3 Å². The molecule has 0 fully saturated rings. The van der Waals surface area contributed by atoms with Gasteiger partial charge in [0.1, 0.15) is 6.07 Å². The Morgan fingerprint density at radius 1 is 1.65 bits per heavy atom. The van der Waals surface area contributed by atoms with Crippen molar-refractivity contribution in [3.63, 3.8) is 0 Å². The van der Waals surface area contributed by atoms with E-state index in [2.05, 4.69) is 4.74 Å². The molecule has 0 aliphatic heterocycles. The zero-order valence-electron chi connectivity index (χ0n) is 8.97. The van der Waals surface area contributed by atoms with Crippen LogP contribution >= 0.6 is 0 Å². The molecule has 0 aromatic heterocycles. The molecule has 2 N–H and O–H groups in total. The van der Waals surface area contributed by atoms with Gasteiger partial charge in [-0.2, -0.15) is 5.26 Å². The van der Waals surface area contributed by atoms with E-state index in [9.17, 15) is 14.9 Å². The smallest absolute Gasteiger partial charge is 0.339 e. The number of esters is 1. The van der Waals surface area contributed by atoms with Crippen molar-refractivity contribution in [1.29, 1.82) is 5.26 Å². The summed E-state index contributed by atoms with van der Waals surface area (Å²) in [6.45, 7) is -0.105. The molecule has 0 heterocycles. The number of hydrogen-bond donors (Lipinski definition) is 1. The molecule has 0 bridgehead atoms. The first-order valence-electron chi connectivity index (χ1n) is 4.55. The number of nitro groups is 1. The average molecular weight is 235 g/mol. The van der Waals surface area contributed by atoms with Crippen LogP contribution in [0.5, 0.6) is 0 Å². The van der Waals surface area contributed by atoms with Gasteiger partial charge in [0.05, 0.1) is 23.2 Å². The molecule has 0 atom stereocenters. The van der Waals surface area contributed by atoms with E-state index in [1.807, 2.05) is 0 Å². The molecule has 17 heavy (non-hydrogen) atoms. The van der Waals surface area contributed by atoms with Gasteiger partial charge in [-0.25, -0.2) is 4.79 Å². The van der Waals surface area contributed by atoms with E-state index >= 15 is 0 Å². The molecule has 0 aliphatic carbocycles. The predicted molar refractivity (Wildman–Crippen MR) is 57.0 cm³/mol. The van der Waals surface area contributed by atoms with Gasteiger partial charge < -0.3 is 10.5 Å². The summed E-state index contributed by atoms with van der Waals surface area (Å²) < 4.78 is 4.48. The van der Waals surface area contributed by atoms with Crippen molar-refractivity contribution in [2.24, 2.45) is 5.73 Å². The summed E-state index contributed by atoms with van der Waals surface area (Å²) in [6, 6.07) is 3.94. The number of nitro benzene ring substituents is 1. The first-order chi connectivity index (χ1) is 8.04. The van der Waals surface area contributed by atoms with E-state index in [4.69, 9.17) is 11.0 Å². The molecule has 0 saturated carbocycles. The zero-order chi connectivity index (χ0) is 13.0. The minimum absolute atomic E-state index is 0.0268. The van der Waals surface area contributed by atoms with Crippen LogP contribution in [0.2, 0.25) is 0 Å². The molecular formula is C10H9N3O4. The van der Waals surface area contributed by atoms with Crippen LogP contribution in [0.15, 0.2) is 12.1 Å². The fraction of sp³-hybridized carbons (Fsp3) is 0.200. The van der Waals surface area contributed by atoms with Crippen molar-refractivity contribution in [1.82, 2.24) is 0 Å². The summed E-state index contributed by atoms with van der Waals surface area (Å²) in [7, 11) is 1.16. The monoisotopic (exact) mass is 235 g/mol. The normalized spacial score (nSPS) is 9.47. The van der Waals surface area contributed by atoms with E-state index in [-0.39, 0.29) is 28.9 Å². The molecule has 1 aromatic rings. The SMILES string of the molecule is COC(=O)c1cc(CN)c([N+](=O)[O-])cc1C#N. The van der Waals surface area contributed by atoms with E-state index in [0.717, 1.165) is 13.2 Å². The highest BCUT2D eigenvalue weighted by Gasteiger charge is 2.21. The van der Waals surface area contributed by atoms with Gasteiger partial charge in [-0.1, -0.05) is 0 Å². The number of methoxy groups -OCH3 is 1. The average Bonchev–Trinajstić information content (AvgIpc) is 2.35. The summed E-state index contributed by atoms with van der Waals surface area (Å²) in [5.41, 5.74) is 5.11. The Morgan fingerprint density at radius 3 is 2.71 bits per heavy atom. The van der Waals surface area contributed by atoms with Gasteiger partial charge in [-0.3, -0.25) is 10.1 Å². The second-order valence-electron chi connectivity index (χ2n) is 3.09. The van der Waals surface area contributed by atoms with Gasteiger partial charge >= 0.3 is 5.97 Å². The molecule has 0 spiro atoms. The highest BCUT2D eigenvalue weighted by Crippen LogP contribution is 2.23. The minimum Gasteiger partial charge on any atom is -0.465 e. The largest absolute Gasteiger partial charge is 0.465 e. The molecule has 0 radical (unpaired) electrons. The van der Waals surface area contributed by atoms with Crippen LogP contribution in [0.3, 0.4) is 0 Å². The molecular weight excluding hydrogens is 226 g/mol. The summed E-state index contributed by atoms with van der Waals surface area (Å²) >= 11 is 0. The lowest BCUT2D eigenvalue weighted by molar-refractivity contribution is -0.385. The molecule has 7 heteroatoms. The molecule has 0 aliphatic rings. The van der Waals surface area contributed by atoms with Gasteiger partial charge in [0, 0.05) is 18.2 Å². The second kappa shape index (κ2) is 5.05. The maximum Gasteiger partial charge on any atom is 0.339 e. The second-order valence-corrected chi connectivity index (χ2v) is 3.09. The number of carbonyl (C=O) groups is 1. The highest BCUT2D eigenvalue weighted by atomic mass is 16.6. The Morgan fingerprint density at radius 2 is 2.29 bits per heavy atom. The third-order valence-corrected chi connectivity index (χ3v) is 2.16. The highest BCUT2D eigenvalue weighted by molar-refractivity contribution is 5.93. The van der Waals surface area contributed by atoms with E-state index in [1.165, 1.54) is 6.07 Å². The molecule has 0 unspecified atom stereocenters. The van der Waals surface area contributed by atoms with Crippen molar-refractivity contribution in [2.45, 2.75) is 6.54 Å². The third kappa shape index (κ3) is 2.38. The van der Waals surface area contributed by atoms with Gasteiger partial charge in [-0.15, -0.1) is 0 Å². The van der Waals surface area contributed by atoms with Crippen LogP contribution in [0, 0.1) is 21.4 Å². The summed E-state index contributed by atoms with van der Waals surface area (Å²) in [6.07, 6.45) is 0. The first-order valence-corrected chi connectivity index (χ1v) is 4.55. The number of nitrogens with zero attached hydrogens (tertiary/aromatic N) is 2. The number of hydrogen-bond acceptors (Lipinski definition) is 6. The van der Waals surface area contributed by atoms with Gasteiger partial charge in [0.2, 0.25) is 0 Å². The van der Waals surface area contributed by atoms with Gasteiger partial charge in [0.25, 0.3) is 5.69 Å². The van der Waals surface area contributed by atoms with Gasteiger partial charge in [-0.05, 0) is 6.07 Å². The molecule has 0 saturated heterocycles. The summed E-state index contributed by atoms with van der Waals surface area (Å²) in [4.78, 5) is 21.4. The molecule has 0 amide bonds. The standard InChI is InChI=1S/C10H9N3O4/c1-17-10(14)8-2-7(5-12)9(13(15)16)3-6(8)4-11/h2-3H,5,12H2,1H3. The summed E-state index contributed by atoms with van der Waals surface area (Å²) in [5.74, 6) is -0.730. The Bertz CT molecular complexity index is 519. The number of benzene rings is 1. The fourth-order valence-corrected chi connectivity index (χ4v) is 1.34. The quantitative estimate of drug-likeness (QED) is 0.468. The number of nitrogens with two attached hydrogens (primary N) is 1. The lowest BCUT2D eigenvalue weighted by atomic mass is 10.0. The van der Waals surface area contributed by atoms with Crippen molar-refractivity contribution in [2.75, 3.05) is 7.11 Å². The number of nitriles is 1. The molecule has 88 valence electrons. The Kier molecular flexibility index (Phi) is 3.74. The van der Waals surface area contributed by atoms with Crippen LogP contribution in [0.1, 0.15) is 21.5 Å². The van der Waals surface area contributed by atoms with E-state index in [0.29, 0.717) is 0 Å². The predicted octanol–water partition coefficient (Wildman–Crippen LogP) is 0.712. The zero-order valence-corrected chi connectivity index (χ0v) is 8.97. The van der Waals surface area contributed by atoms with Crippen LogP contribution in [-0.4, -0.2) is 18.0 Å². The third-order valence-electron chi connectivity index (χ3n) is 2.16. The Balaban J connectivity index is 3.50. The summed E-state index contributed by atoms with van der Waals surface area (Å²) in [5, 5.41) is 19.5. The first kappa shape index (κ1) is 12.6. The van der Waals surface area contributed by atoms with Crippen LogP contribution in [0.4, 0.5) is 5.69 Å². The Labute approximate surface area is 96.6 Å². The Hall–Kier alpha value is -2.46. The van der Waals surface area contributed by atoms with Gasteiger partial charge in [0.15, 0.2) is 0 Å². The van der Waals surface area contributed by atoms with Crippen LogP contribution < -0.4 is 5.73 Å². The topological polar surface area (TPSA) is 119 Å². The maximum absolute atomic E-state index is 11.4. The van der Waals surface area contributed by atoms with Crippen LogP contribution in [0.25, 0.3) is 0 Å². The fourth-order valence-electron chi connectivity index (χ4n) is 1.34. The molecule has 7 nitrogen and oxygen atoms in total. The maximum atomic E-state index is 11.4. The van der Waals surface area contributed by atoms with Crippen molar-refractivity contribution < 1.29 is 14.5 Å². The number of rotatable bonds is 3. The van der Waals surface area contributed by atoms with Crippen molar-refractivity contribution in [3.8, 4) is 6.07 Å². The van der Waals surface area contributed by atoms with E-state index in [1.54, 1.807) is 6.07 Å². The van der Waals surface area contributed by atoms with E-state index < -0.39 is 10.9 Å². The minimum atomic E-state index is -0.730. The van der Waals surface area contributed by atoms with Crippen molar-refractivity contribution >= 4 is 11.7 Å². The van der Waals surface area contributed by atoms with Crippen molar-refractivity contribution in [3.05, 3.63) is 38.9 Å². The number of carbonyl (C=O) groups excluding carboxylic acids is 1. The molecule has 1 aromatic carbocycles. The lowest BCUT2D eigenvalue weighted by Gasteiger charge is -2.05. The lowest BCUT2D eigenvalue weighted by Crippen LogP contribution is -2.09.